The van der Waals surface area contributed by atoms with E-state index in [0.29, 0.717) is 28.1 Å². The molecule has 2 amide bonds. The van der Waals surface area contributed by atoms with Crippen molar-refractivity contribution in [3.8, 4) is 5.75 Å². The second-order valence-electron chi connectivity index (χ2n) is 6.40. The molecule has 1 heterocycles. The highest BCUT2D eigenvalue weighted by atomic mass is 35.5. The Morgan fingerprint density at radius 3 is 2.57 bits per heavy atom. The quantitative estimate of drug-likeness (QED) is 0.530. The van der Waals surface area contributed by atoms with Gasteiger partial charge < -0.3 is 10.1 Å². The van der Waals surface area contributed by atoms with Gasteiger partial charge in [0.1, 0.15) is 5.25 Å². The summed E-state index contributed by atoms with van der Waals surface area (Å²) in [5.41, 5.74) is 1.05. The smallest absolute Gasteiger partial charge is 0.308 e. The van der Waals surface area contributed by atoms with Crippen molar-refractivity contribution in [3.05, 3.63) is 53.6 Å². The fraction of sp³-hybridized carbons (Fsp3) is 0.238. The molecule has 30 heavy (non-hydrogen) atoms. The predicted molar refractivity (Wildman–Crippen MR) is 118 cm³/mol. The van der Waals surface area contributed by atoms with E-state index < -0.39 is 11.2 Å². The summed E-state index contributed by atoms with van der Waals surface area (Å²) in [6.45, 7) is 3.59. The lowest BCUT2D eigenvalue weighted by atomic mass is 10.2. The zero-order valence-electron chi connectivity index (χ0n) is 16.4. The molecule has 1 aliphatic heterocycles. The summed E-state index contributed by atoms with van der Waals surface area (Å²) in [6, 6.07) is 13.6. The lowest BCUT2D eigenvalue weighted by molar-refractivity contribution is -0.132. The fourth-order valence-electron chi connectivity index (χ4n) is 2.83. The molecule has 7 nitrogen and oxygen atoms in total. The molecule has 1 fully saturated rings. The number of esters is 1. The number of halogens is 1. The molecular weight excluding hydrogens is 426 g/mol. The number of amidine groups is 1. The van der Waals surface area contributed by atoms with Crippen LogP contribution >= 0.6 is 23.4 Å². The maximum atomic E-state index is 12.7. The van der Waals surface area contributed by atoms with Gasteiger partial charge in [0, 0.05) is 24.9 Å². The maximum Gasteiger partial charge on any atom is 0.308 e. The molecule has 0 spiro atoms. The molecule has 3 rings (SSSR count). The van der Waals surface area contributed by atoms with Crippen LogP contribution in [0.25, 0.3) is 0 Å². The van der Waals surface area contributed by atoms with Crippen LogP contribution in [0.2, 0.25) is 5.02 Å². The van der Waals surface area contributed by atoms with E-state index in [4.69, 9.17) is 16.3 Å². The average molecular weight is 446 g/mol. The van der Waals surface area contributed by atoms with Gasteiger partial charge in [0.25, 0.3) is 0 Å². The topological polar surface area (TPSA) is 88.1 Å². The summed E-state index contributed by atoms with van der Waals surface area (Å²) in [7, 11) is 0. The number of nitrogens with one attached hydrogen (secondary N) is 1. The van der Waals surface area contributed by atoms with Crippen LogP contribution in [-0.2, 0) is 14.4 Å². The van der Waals surface area contributed by atoms with Gasteiger partial charge in [-0.05, 0) is 43.3 Å². The van der Waals surface area contributed by atoms with Gasteiger partial charge >= 0.3 is 5.97 Å². The largest absolute Gasteiger partial charge is 0.424 e. The van der Waals surface area contributed by atoms with E-state index in [2.05, 4.69) is 10.3 Å². The van der Waals surface area contributed by atoms with Crippen LogP contribution in [-0.4, -0.2) is 39.6 Å². The van der Waals surface area contributed by atoms with E-state index in [1.165, 1.54) is 18.7 Å². The van der Waals surface area contributed by atoms with Gasteiger partial charge in [-0.1, -0.05) is 35.5 Å². The molecule has 1 saturated heterocycles. The zero-order chi connectivity index (χ0) is 21.7. The average Bonchev–Trinajstić information content (AvgIpc) is 2.99. The number of rotatable bonds is 6. The molecule has 0 saturated carbocycles. The Hall–Kier alpha value is -2.84. The standard InChI is InChI=1S/C21H20ClN3O4S/c1-3-25-20(28)18(30-21(25)23-15-10-8-14(22)9-11-15)12-19(27)24-16-6-4-5-7-17(16)29-13(2)26/h4-11,18H,3,12H2,1-2H3,(H,24,27)/t18-/m0/s1. The summed E-state index contributed by atoms with van der Waals surface area (Å²) in [4.78, 5) is 42.6. The number of thioether (sulfide) groups is 1. The Morgan fingerprint density at radius 2 is 1.90 bits per heavy atom. The molecular formula is C21H20ClN3O4S. The maximum absolute atomic E-state index is 12.7. The third-order valence-electron chi connectivity index (χ3n) is 4.17. The van der Waals surface area contributed by atoms with Crippen molar-refractivity contribution in [2.75, 3.05) is 11.9 Å². The Labute approximate surface area is 183 Å². The number of amides is 2. The SMILES string of the molecule is CCN1C(=O)[C@H](CC(=O)Nc2ccccc2OC(C)=O)SC1=Nc1ccc(Cl)cc1. The van der Waals surface area contributed by atoms with Gasteiger partial charge in [0.15, 0.2) is 10.9 Å². The van der Waals surface area contributed by atoms with Gasteiger partial charge in [-0.25, -0.2) is 4.99 Å². The summed E-state index contributed by atoms with van der Waals surface area (Å²) in [5.74, 6) is -0.758. The molecule has 2 aromatic carbocycles. The molecule has 156 valence electrons. The van der Waals surface area contributed by atoms with Crippen LogP contribution in [0.15, 0.2) is 53.5 Å². The molecule has 9 heteroatoms. The molecule has 1 atom stereocenters. The molecule has 0 aliphatic carbocycles. The number of carbonyl (C=O) groups is 3. The lowest BCUT2D eigenvalue weighted by Crippen LogP contribution is -2.33. The van der Waals surface area contributed by atoms with Gasteiger partial charge in [-0.3, -0.25) is 19.3 Å². The Kier molecular flexibility index (Phi) is 7.12. The first-order chi connectivity index (χ1) is 14.4. The Balaban J connectivity index is 1.71. The van der Waals surface area contributed by atoms with Crippen molar-refractivity contribution in [1.29, 1.82) is 0 Å². The molecule has 0 radical (unpaired) electrons. The van der Waals surface area contributed by atoms with Crippen LogP contribution in [0.4, 0.5) is 11.4 Å². The van der Waals surface area contributed by atoms with Crippen molar-refractivity contribution in [2.24, 2.45) is 4.99 Å². The van der Waals surface area contributed by atoms with E-state index >= 15 is 0 Å². The van der Waals surface area contributed by atoms with Crippen LogP contribution in [0, 0.1) is 0 Å². The van der Waals surface area contributed by atoms with Crippen LogP contribution in [0.5, 0.6) is 5.75 Å². The van der Waals surface area contributed by atoms with E-state index in [1.54, 1.807) is 53.4 Å². The Bertz CT molecular complexity index is 994. The number of para-hydroxylation sites is 2. The number of nitrogens with zero attached hydrogens (tertiary/aromatic N) is 2. The minimum absolute atomic E-state index is 0.0337. The summed E-state index contributed by atoms with van der Waals surface area (Å²) >= 11 is 7.15. The highest BCUT2D eigenvalue weighted by molar-refractivity contribution is 8.15. The van der Waals surface area contributed by atoms with Gasteiger partial charge in [0.2, 0.25) is 11.8 Å². The first-order valence-corrected chi connectivity index (χ1v) is 10.5. The van der Waals surface area contributed by atoms with Crippen LogP contribution in [0.3, 0.4) is 0 Å². The summed E-state index contributed by atoms with van der Waals surface area (Å²) in [6.07, 6.45) is -0.0337. The molecule has 0 aromatic heterocycles. The monoisotopic (exact) mass is 445 g/mol. The Morgan fingerprint density at radius 1 is 1.20 bits per heavy atom. The van der Waals surface area contributed by atoms with E-state index in [9.17, 15) is 14.4 Å². The molecule has 1 aliphatic rings. The van der Waals surface area contributed by atoms with Crippen molar-refractivity contribution >= 4 is 57.7 Å². The van der Waals surface area contributed by atoms with E-state index in [0.717, 1.165) is 0 Å². The second-order valence-corrected chi connectivity index (χ2v) is 8.01. The second kappa shape index (κ2) is 9.77. The number of carbonyl (C=O) groups excluding carboxylic acids is 3. The van der Waals surface area contributed by atoms with E-state index in [-0.39, 0.29) is 24.0 Å². The zero-order valence-corrected chi connectivity index (χ0v) is 18.0. The molecule has 0 unspecified atom stereocenters. The minimum Gasteiger partial charge on any atom is -0.424 e. The number of benzene rings is 2. The van der Waals surface area contributed by atoms with Crippen LogP contribution < -0.4 is 10.1 Å². The summed E-state index contributed by atoms with van der Waals surface area (Å²) in [5, 5.41) is 3.27. The highest BCUT2D eigenvalue weighted by Gasteiger charge is 2.38. The third-order valence-corrected chi connectivity index (χ3v) is 5.60. The lowest BCUT2D eigenvalue weighted by Gasteiger charge is -2.13. The molecule has 0 bridgehead atoms. The molecule has 1 N–H and O–H groups in total. The summed E-state index contributed by atoms with van der Waals surface area (Å²) < 4.78 is 5.10. The number of aliphatic imine (C=N–C) groups is 1. The number of ether oxygens (including phenoxy) is 1. The minimum atomic E-state index is -0.586. The third kappa shape index (κ3) is 5.40. The molecule has 2 aromatic rings. The number of hydrogen-bond donors (Lipinski definition) is 1. The van der Waals surface area contributed by atoms with Crippen molar-refractivity contribution in [3.63, 3.8) is 0 Å². The normalized spacial score (nSPS) is 17.3. The number of hydrogen-bond acceptors (Lipinski definition) is 6. The fourth-order valence-corrected chi connectivity index (χ4v) is 4.17. The van der Waals surface area contributed by atoms with Crippen LogP contribution in [0.1, 0.15) is 20.3 Å². The van der Waals surface area contributed by atoms with Crippen molar-refractivity contribution in [2.45, 2.75) is 25.5 Å². The van der Waals surface area contributed by atoms with Gasteiger partial charge in [-0.2, -0.15) is 0 Å². The number of anilines is 1. The van der Waals surface area contributed by atoms with Gasteiger partial charge in [-0.15, -0.1) is 0 Å². The highest BCUT2D eigenvalue weighted by Crippen LogP contribution is 2.32. The van der Waals surface area contributed by atoms with Crippen molar-refractivity contribution < 1.29 is 19.1 Å². The predicted octanol–water partition coefficient (Wildman–Crippen LogP) is 4.25. The first-order valence-electron chi connectivity index (χ1n) is 9.27. The first kappa shape index (κ1) is 21.9. The van der Waals surface area contributed by atoms with E-state index in [1.807, 2.05) is 6.92 Å². The van der Waals surface area contributed by atoms with Crippen molar-refractivity contribution in [1.82, 2.24) is 4.90 Å². The van der Waals surface area contributed by atoms with Gasteiger partial charge in [0.05, 0.1) is 11.4 Å².